The average Bonchev–Trinajstić information content (AvgIpc) is 2.68. The molecule has 166 valence electrons. The van der Waals surface area contributed by atoms with Gasteiger partial charge in [0.05, 0.1) is 18.8 Å². The van der Waals surface area contributed by atoms with E-state index in [1.165, 1.54) is 12.1 Å². The summed E-state index contributed by atoms with van der Waals surface area (Å²) in [5.41, 5.74) is 2.37. The molecule has 9 heteroatoms. The third kappa shape index (κ3) is 4.14. The van der Waals surface area contributed by atoms with Crippen molar-refractivity contribution < 1.29 is 13.9 Å². The van der Waals surface area contributed by atoms with Crippen molar-refractivity contribution in [1.29, 1.82) is 0 Å². The molecule has 2 N–H and O–H groups in total. The maximum absolute atomic E-state index is 13.4. The summed E-state index contributed by atoms with van der Waals surface area (Å²) in [4.78, 5) is 25.9. The van der Waals surface area contributed by atoms with E-state index in [2.05, 4.69) is 20.5 Å². The molecule has 2 aliphatic heterocycles. The molecule has 0 radical (unpaired) electrons. The molecule has 3 heterocycles. The van der Waals surface area contributed by atoms with Crippen LogP contribution in [0.4, 0.5) is 21.8 Å². The smallest absolute Gasteiger partial charge is 0.247 e. The number of nitrogens with one attached hydrogen (secondary N) is 2. The minimum atomic E-state index is -0.301. The van der Waals surface area contributed by atoms with Crippen molar-refractivity contribution in [3.8, 4) is 5.75 Å². The van der Waals surface area contributed by atoms with Gasteiger partial charge in [-0.2, -0.15) is 4.98 Å². The summed E-state index contributed by atoms with van der Waals surface area (Å²) in [5.74, 6) is 1.70. The Morgan fingerprint density at radius 2 is 2.06 bits per heavy atom. The first-order valence-corrected chi connectivity index (χ1v) is 10.5. The number of benzene rings is 1. The molecule has 1 aromatic carbocycles. The van der Waals surface area contributed by atoms with Gasteiger partial charge in [0.15, 0.2) is 5.82 Å². The largest absolute Gasteiger partial charge is 0.496 e. The summed E-state index contributed by atoms with van der Waals surface area (Å²) < 4.78 is 18.7. The molecule has 1 saturated heterocycles. The Morgan fingerprint density at radius 1 is 1.32 bits per heavy atom. The number of aryl methyl sites for hydroxylation is 1. The predicted octanol–water partition coefficient (Wildman–Crippen LogP) is 2.64. The fraction of sp³-hybridized carbons (Fsp3) is 0.500. The maximum Gasteiger partial charge on any atom is 0.247 e. The van der Waals surface area contributed by atoms with Gasteiger partial charge in [0, 0.05) is 38.3 Å². The predicted molar refractivity (Wildman–Crippen MR) is 118 cm³/mol. The number of methoxy groups -OCH3 is 1. The molecular weight excluding hydrogens is 399 g/mol. The van der Waals surface area contributed by atoms with Gasteiger partial charge in [0.25, 0.3) is 0 Å². The standard InChI is InChI=1S/C22H29FN6O2/c1-12(2)19-21(30)26-18-13(3)24-22(27-20(18)28(19)4)25-16-10-29(11-16)9-14-6-7-15(23)8-17(14)31-5/h6-8,12,16,19H,9-11H2,1-5H3,(H,26,30)(H,24,25,27)/t19-/m0/s1. The number of nitrogens with zero attached hydrogens (tertiary/aromatic N) is 4. The van der Waals surface area contributed by atoms with Crippen LogP contribution in [0.2, 0.25) is 0 Å². The van der Waals surface area contributed by atoms with Crippen molar-refractivity contribution in [2.75, 3.05) is 42.8 Å². The molecule has 1 fully saturated rings. The zero-order valence-corrected chi connectivity index (χ0v) is 18.6. The molecular formula is C22H29FN6O2. The molecule has 2 aliphatic rings. The van der Waals surface area contributed by atoms with Crippen LogP contribution >= 0.6 is 0 Å². The third-order valence-corrected chi connectivity index (χ3v) is 5.90. The topological polar surface area (TPSA) is 82.6 Å². The van der Waals surface area contributed by atoms with Crippen molar-refractivity contribution in [3.05, 3.63) is 35.3 Å². The second-order valence-electron chi connectivity index (χ2n) is 8.61. The van der Waals surface area contributed by atoms with E-state index >= 15 is 0 Å². The summed E-state index contributed by atoms with van der Waals surface area (Å²) in [7, 11) is 3.46. The highest BCUT2D eigenvalue weighted by Crippen LogP contribution is 2.34. The molecule has 1 aromatic heterocycles. The van der Waals surface area contributed by atoms with Crippen molar-refractivity contribution in [1.82, 2.24) is 14.9 Å². The second-order valence-corrected chi connectivity index (χ2v) is 8.61. The number of ether oxygens (including phenoxy) is 1. The number of likely N-dealkylation sites (N-methyl/N-ethyl adjacent to an activating group) is 1. The monoisotopic (exact) mass is 428 g/mol. The SMILES string of the molecule is COc1cc(F)ccc1CN1CC(Nc2nc(C)c3c(n2)N(C)[C@@H](C(C)C)C(=O)N3)C1. The van der Waals surface area contributed by atoms with E-state index < -0.39 is 0 Å². The number of likely N-dealkylation sites (tertiary alicyclic amines) is 1. The van der Waals surface area contributed by atoms with Crippen molar-refractivity contribution >= 4 is 23.4 Å². The number of halogens is 1. The van der Waals surface area contributed by atoms with Gasteiger partial charge in [-0.3, -0.25) is 9.69 Å². The Bertz CT molecular complexity index is 992. The van der Waals surface area contributed by atoms with Crippen LogP contribution in [0.5, 0.6) is 5.75 Å². The molecule has 8 nitrogen and oxygen atoms in total. The molecule has 4 rings (SSSR count). The molecule has 2 aromatic rings. The zero-order valence-electron chi connectivity index (χ0n) is 18.6. The summed E-state index contributed by atoms with van der Waals surface area (Å²) >= 11 is 0. The third-order valence-electron chi connectivity index (χ3n) is 5.90. The minimum Gasteiger partial charge on any atom is -0.496 e. The van der Waals surface area contributed by atoms with Crippen LogP contribution in [0.1, 0.15) is 25.1 Å². The summed E-state index contributed by atoms with van der Waals surface area (Å²) in [6.45, 7) is 8.26. The van der Waals surface area contributed by atoms with Gasteiger partial charge in [-0.15, -0.1) is 0 Å². The van der Waals surface area contributed by atoms with E-state index in [4.69, 9.17) is 9.72 Å². The van der Waals surface area contributed by atoms with Crippen LogP contribution in [-0.2, 0) is 11.3 Å². The van der Waals surface area contributed by atoms with Crippen LogP contribution in [-0.4, -0.2) is 60.1 Å². The highest BCUT2D eigenvalue weighted by molar-refractivity contribution is 6.03. The Hall–Kier alpha value is -2.94. The van der Waals surface area contributed by atoms with E-state index in [1.807, 2.05) is 32.7 Å². The zero-order chi connectivity index (χ0) is 22.3. The minimum absolute atomic E-state index is 0.0248. The first-order chi connectivity index (χ1) is 14.8. The summed E-state index contributed by atoms with van der Waals surface area (Å²) in [5, 5.41) is 6.37. The fourth-order valence-electron chi connectivity index (χ4n) is 4.34. The van der Waals surface area contributed by atoms with E-state index in [-0.39, 0.29) is 29.7 Å². The van der Waals surface area contributed by atoms with Crippen LogP contribution in [0.15, 0.2) is 18.2 Å². The number of carbonyl (C=O) groups is 1. The quantitative estimate of drug-likeness (QED) is 0.732. The molecule has 0 saturated carbocycles. The lowest BCUT2D eigenvalue weighted by atomic mass is 9.99. The first kappa shape index (κ1) is 21.3. The lowest BCUT2D eigenvalue weighted by Gasteiger charge is -2.40. The lowest BCUT2D eigenvalue weighted by Crippen LogP contribution is -2.54. The van der Waals surface area contributed by atoms with E-state index in [9.17, 15) is 9.18 Å². The van der Waals surface area contributed by atoms with Crippen molar-refractivity contribution in [2.24, 2.45) is 5.92 Å². The molecule has 0 aliphatic carbocycles. The Kier molecular flexibility index (Phi) is 5.70. The van der Waals surface area contributed by atoms with Crippen LogP contribution < -0.4 is 20.3 Å². The number of carbonyl (C=O) groups excluding carboxylic acids is 1. The van der Waals surface area contributed by atoms with Gasteiger partial charge < -0.3 is 20.3 Å². The van der Waals surface area contributed by atoms with Crippen LogP contribution in [0, 0.1) is 18.7 Å². The number of anilines is 3. The van der Waals surface area contributed by atoms with E-state index in [0.717, 1.165) is 30.2 Å². The fourth-order valence-corrected chi connectivity index (χ4v) is 4.34. The normalized spacial score (nSPS) is 19.1. The van der Waals surface area contributed by atoms with Crippen molar-refractivity contribution in [3.63, 3.8) is 0 Å². The molecule has 0 unspecified atom stereocenters. The Morgan fingerprint density at radius 3 is 2.74 bits per heavy atom. The van der Waals surface area contributed by atoms with Gasteiger partial charge in [-0.1, -0.05) is 19.9 Å². The van der Waals surface area contributed by atoms with Crippen LogP contribution in [0.25, 0.3) is 0 Å². The number of aromatic nitrogens is 2. The average molecular weight is 429 g/mol. The molecule has 31 heavy (non-hydrogen) atoms. The highest BCUT2D eigenvalue weighted by Gasteiger charge is 2.36. The number of fused-ring (bicyclic) bond motifs is 1. The summed E-state index contributed by atoms with van der Waals surface area (Å²) in [6.07, 6.45) is 0. The van der Waals surface area contributed by atoms with Gasteiger partial charge in [-0.25, -0.2) is 9.37 Å². The van der Waals surface area contributed by atoms with E-state index in [0.29, 0.717) is 23.9 Å². The Labute approximate surface area is 181 Å². The van der Waals surface area contributed by atoms with Gasteiger partial charge >= 0.3 is 0 Å². The second kappa shape index (κ2) is 8.30. The van der Waals surface area contributed by atoms with Crippen LogP contribution in [0.3, 0.4) is 0 Å². The lowest BCUT2D eigenvalue weighted by molar-refractivity contribution is -0.118. The Balaban J connectivity index is 1.42. The number of rotatable bonds is 6. The highest BCUT2D eigenvalue weighted by atomic mass is 19.1. The molecule has 1 atom stereocenters. The maximum atomic E-state index is 13.4. The van der Waals surface area contributed by atoms with Gasteiger partial charge in [0.1, 0.15) is 23.3 Å². The number of hydrogen-bond acceptors (Lipinski definition) is 7. The van der Waals surface area contributed by atoms with Gasteiger partial charge in [0.2, 0.25) is 11.9 Å². The molecule has 1 amide bonds. The molecule has 0 spiro atoms. The number of hydrogen-bond donors (Lipinski definition) is 2. The number of amides is 1. The summed E-state index contributed by atoms with van der Waals surface area (Å²) in [6, 6.07) is 4.58. The van der Waals surface area contributed by atoms with Gasteiger partial charge in [-0.05, 0) is 18.9 Å². The van der Waals surface area contributed by atoms with Crippen molar-refractivity contribution in [2.45, 2.75) is 39.4 Å². The van der Waals surface area contributed by atoms with E-state index in [1.54, 1.807) is 13.2 Å². The first-order valence-electron chi connectivity index (χ1n) is 10.5. The molecule has 0 bridgehead atoms.